The van der Waals surface area contributed by atoms with Gasteiger partial charge >= 0.3 is 231 Å². The molecule has 0 radical (unpaired) electrons. The van der Waals surface area contributed by atoms with E-state index in [1.54, 1.807) is 0 Å². The second-order valence-electron chi connectivity index (χ2n) is 9.79. The molecule has 5 nitrogen and oxygen atoms in total. The van der Waals surface area contributed by atoms with Crippen molar-refractivity contribution in [2.45, 2.75) is 12.8 Å². The summed E-state index contributed by atoms with van der Waals surface area (Å²) in [6.07, 6.45) is 3.85. The molecule has 4 aromatic carbocycles. The summed E-state index contributed by atoms with van der Waals surface area (Å²) in [5.41, 5.74) is 6.74. The van der Waals surface area contributed by atoms with E-state index in [1.807, 2.05) is 95.7 Å². The van der Waals surface area contributed by atoms with Gasteiger partial charge in [0.15, 0.2) is 0 Å². The van der Waals surface area contributed by atoms with Crippen molar-refractivity contribution in [1.29, 1.82) is 0 Å². The minimum absolute atomic E-state index is 0.586. The summed E-state index contributed by atoms with van der Waals surface area (Å²) >= 11 is 2.10. The van der Waals surface area contributed by atoms with E-state index in [2.05, 4.69) is 53.5 Å². The Balaban J connectivity index is 1.35. The van der Waals surface area contributed by atoms with Crippen LogP contribution in [0.1, 0.15) is 16.1 Å². The normalized spacial score (nSPS) is 14.3. The Morgan fingerprint density at radius 3 is 2.50 bits per heavy atom. The third-order valence-corrected chi connectivity index (χ3v) is 8.33. The van der Waals surface area contributed by atoms with Crippen molar-refractivity contribution in [2.24, 2.45) is 6.98 Å². The van der Waals surface area contributed by atoms with E-state index in [4.69, 9.17) is 8.85 Å². The van der Waals surface area contributed by atoms with Crippen LogP contribution in [0.2, 0.25) is 0 Å². The summed E-state index contributed by atoms with van der Waals surface area (Å²) in [5, 5.41) is 0. The van der Waals surface area contributed by atoms with E-state index < -0.39 is 6.98 Å². The number of rotatable bonds is 5. The number of anilines is 2. The van der Waals surface area contributed by atoms with E-state index >= 15 is 0 Å². The number of fused-ring (bicyclic) bond motifs is 2. The number of hydrogen-bond acceptors (Lipinski definition) is 3. The van der Waals surface area contributed by atoms with Crippen LogP contribution in [-0.2, 0) is 32.8 Å². The molecule has 0 spiro atoms. The molecule has 1 aliphatic heterocycles. The Morgan fingerprint density at radius 1 is 0.850 bits per heavy atom. The first-order chi connectivity index (χ1) is 20.9. The number of hydrogen-bond donors (Lipinski definition) is 0. The van der Waals surface area contributed by atoms with Crippen LogP contribution in [0.3, 0.4) is 0 Å². The molecule has 0 unspecified atom stereocenters. The number of imidazole rings is 1. The summed E-state index contributed by atoms with van der Waals surface area (Å²) in [4.78, 5) is 6.90. The number of aromatic nitrogens is 3. The van der Waals surface area contributed by atoms with Crippen LogP contribution in [0.4, 0.5) is 11.5 Å². The molecule has 0 amide bonds. The summed E-state index contributed by atoms with van der Waals surface area (Å²) in [7, 11) is 0. The number of para-hydroxylation sites is 2. The second kappa shape index (κ2) is 10.4. The zero-order valence-electron chi connectivity index (χ0n) is 24.6. The van der Waals surface area contributed by atoms with Gasteiger partial charge in [0.2, 0.25) is 0 Å². The van der Waals surface area contributed by atoms with Crippen LogP contribution in [0.25, 0.3) is 27.8 Å². The van der Waals surface area contributed by atoms with Gasteiger partial charge < -0.3 is 0 Å². The molecule has 3 heterocycles. The van der Waals surface area contributed by atoms with Gasteiger partial charge in [-0.05, 0) is 6.07 Å². The summed E-state index contributed by atoms with van der Waals surface area (Å²) < 4.78 is 35.2. The van der Waals surface area contributed by atoms with Crippen molar-refractivity contribution < 1.29 is 28.2 Å². The number of pyridine rings is 1. The standard InChI is InChI=1S/C34H28N4O.Pt/c1-36-24-38(31-17-6-5-16-30(31)36)27-14-9-15-28(22-27)39-33-23-32-26(21-29(33)25-11-3-2-4-12-25)13-10-20-37(32)34-18-7-8-19-35-34;/h2-9,11-12,14-19,21-23H,10,13,20H2,1H3;/i1D3;. The average Bonchev–Trinajstić information content (AvgIpc) is 3.33. The Kier molecular flexibility index (Phi) is 5.62. The molecule has 0 saturated carbocycles. The molecular formula is C34H28N4OPt. The monoisotopic (exact) mass is 706 g/mol. The molecule has 6 aromatic rings. The van der Waals surface area contributed by atoms with Gasteiger partial charge in [0.05, 0.1) is 0 Å². The molecule has 0 atom stereocenters. The van der Waals surface area contributed by atoms with E-state index in [9.17, 15) is 0 Å². The van der Waals surface area contributed by atoms with Gasteiger partial charge in [-0.25, -0.2) is 0 Å². The van der Waals surface area contributed by atoms with Crippen LogP contribution >= 0.6 is 0 Å². The molecule has 7 rings (SSSR count). The van der Waals surface area contributed by atoms with Gasteiger partial charge in [-0.3, -0.25) is 0 Å². The van der Waals surface area contributed by atoms with Gasteiger partial charge in [0, 0.05) is 6.20 Å². The Bertz CT molecular complexity index is 2000. The van der Waals surface area contributed by atoms with Gasteiger partial charge in [-0.2, -0.15) is 0 Å². The van der Waals surface area contributed by atoms with Crippen molar-refractivity contribution in [3.8, 4) is 28.3 Å². The second-order valence-corrected chi connectivity index (χ2v) is 10.8. The third kappa shape index (κ3) is 4.41. The van der Waals surface area contributed by atoms with Crippen molar-refractivity contribution in [1.82, 2.24) is 14.1 Å². The van der Waals surface area contributed by atoms with Crippen molar-refractivity contribution in [3.63, 3.8) is 0 Å². The zero-order chi connectivity index (χ0) is 29.6. The maximum absolute atomic E-state index is 8.17. The average molecular weight is 707 g/mol. The summed E-state index contributed by atoms with van der Waals surface area (Å²) in [6.45, 7) is -1.43. The van der Waals surface area contributed by atoms with Crippen LogP contribution < -0.4 is 9.64 Å². The fourth-order valence-electron chi connectivity index (χ4n) is 5.47. The van der Waals surface area contributed by atoms with Crippen LogP contribution in [0.5, 0.6) is 11.5 Å². The minimum atomic E-state index is -2.32. The summed E-state index contributed by atoms with van der Waals surface area (Å²) in [5.74, 6) is 2.32. The predicted molar refractivity (Wildman–Crippen MR) is 157 cm³/mol. The molecule has 0 fully saturated rings. The first-order valence-corrected chi connectivity index (χ1v) is 14.4. The molecule has 0 aliphatic carbocycles. The summed E-state index contributed by atoms with van der Waals surface area (Å²) in [6, 6.07) is 36.1. The molecule has 0 saturated heterocycles. The first kappa shape index (κ1) is 21.6. The van der Waals surface area contributed by atoms with E-state index in [0.717, 1.165) is 59.0 Å². The number of benzene rings is 4. The van der Waals surface area contributed by atoms with Gasteiger partial charge in [0.25, 0.3) is 0 Å². The molecule has 2 aromatic heterocycles. The topological polar surface area (TPSA) is 35.2 Å². The van der Waals surface area contributed by atoms with Crippen molar-refractivity contribution in [2.75, 3.05) is 11.4 Å². The van der Waals surface area contributed by atoms with Crippen LogP contribution in [0, 0.1) is 3.80 Å². The van der Waals surface area contributed by atoms with E-state index in [0.29, 0.717) is 15.1 Å². The molecule has 1 aliphatic rings. The van der Waals surface area contributed by atoms with Crippen LogP contribution in [-0.4, -0.2) is 20.7 Å². The molecular weight excluding hydrogens is 675 g/mol. The maximum atomic E-state index is 8.17. The van der Waals surface area contributed by atoms with Crippen LogP contribution in [0.15, 0.2) is 115 Å². The van der Waals surface area contributed by atoms with Crippen molar-refractivity contribution in [3.05, 3.63) is 125 Å². The number of ether oxygens (including phenoxy) is 1. The van der Waals surface area contributed by atoms with E-state index in [-0.39, 0.29) is 0 Å². The number of aryl methyl sites for hydroxylation is 2. The molecule has 200 valence electrons. The van der Waals surface area contributed by atoms with Gasteiger partial charge in [-0.1, -0.05) is 6.07 Å². The number of nitrogens with zero attached hydrogens (tertiary/aromatic N) is 4. The Morgan fingerprint density at radius 2 is 1.68 bits per heavy atom. The first-order valence-electron chi connectivity index (χ1n) is 14.8. The molecule has 40 heavy (non-hydrogen) atoms. The predicted octanol–water partition coefficient (Wildman–Crippen LogP) is 7.99. The Labute approximate surface area is 248 Å². The Hall–Kier alpha value is -4.21. The van der Waals surface area contributed by atoms with Gasteiger partial charge in [0.1, 0.15) is 0 Å². The third-order valence-electron chi connectivity index (χ3n) is 7.32. The molecule has 0 bridgehead atoms. The molecule has 0 N–H and O–H groups in total. The fraction of sp³-hybridized carbons (Fsp3) is 0.118. The fourth-order valence-corrected chi connectivity index (χ4v) is 6.31. The molecule has 6 heteroatoms. The SMILES string of the molecule is [2H]C([2H])([2H])n1[c](=[Pt])n(-c2cccc(Oc3cc4c(cc3-c3ccccc3)CCCN4c3ccccn3)c2)c2ccccc21. The zero-order valence-corrected chi connectivity index (χ0v) is 23.9. The van der Waals surface area contributed by atoms with Crippen molar-refractivity contribution >= 4 is 22.5 Å². The van der Waals surface area contributed by atoms with E-state index in [1.165, 1.54) is 10.1 Å². The quantitative estimate of drug-likeness (QED) is 0.183. The van der Waals surface area contributed by atoms with Gasteiger partial charge in [-0.15, -0.1) is 0 Å².